The van der Waals surface area contributed by atoms with Crippen molar-refractivity contribution in [2.24, 2.45) is 0 Å². The number of ether oxygens (including phenoxy) is 2. The number of carboxylic acid groups (broad SMARTS) is 1. The summed E-state index contributed by atoms with van der Waals surface area (Å²) in [6.45, 7) is 0.119. The number of hydrogen-bond acceptors (Lipinski definition) is 4. The van der Waals surface area contributed by atoms with Crippen molar-refractivity contribution in [2.75, 3.05) is 13.7 Å². The van der Waals surface area contributed by atoms with Gasteiger partial charge in [0.1, 0.15) is 18.4 Å². The lowest BCUT2D eigenvalue weighted by Crippen LogP contribution is -2.43. The fourth-order valence-corrected chi connectivity index (χ4v) is 4.77. The normalized spacial score (nSPS) is 12.9. The second-order valence-corrected chi connectivity index (χ2v) is 8.63. The average Bonchev–Trinajstić information content (AvgIpc) is 3.49. The van der Waals surface area contributed by atoms with Crippen LogP contribution in [0.2, 0.25) is 0 Å². The molecular formula is C29H26N2O5. The Balaban J connectivity index is 1.26. The molecule has 1 aromatic heterocycles. The fraction of sp³-hybridized carbons (Fsp3) is 0.172. The smallest absolute Gasteiger partial charge is 0.407 e. The number of carbonyl (C=O) groups is 2. The Morgan fingerprint density at radius 3 is 2.17 bits per heavy atom. The number of nitrogens with zero attached hydrogens (tertiary/aromatic N) is 1. The minimum atomic E-state index is -1.15. The zero-order valence-corrected chi connectivity index (χ0v) is 19.8. The number of aromatic nitrogens is 1. The first kappa shape index (κ1) is 23.2. The maximum atomic E-state index is 12.7. The molecule has 0 spiro atoms. The highest BCUT2D eigenvalue weighted by Crippen LogP contribution is 2.44. The molecule has 5 rings (SSSR count). The number of methoxy groups -OCH3 is 1. The van der Waals surface area contributed by atoms with Gasteiger partial charge in [-0.1, -0.05) is 48.5 Å². The van der Waals surface area contributed by atoms with E-state index in [1.165, 1.54) is 0 Å². The highest BCUT2D eigenvalue weighted by molar-refractivity contribution is 5.81. The third kappa shape index (κ3) is 4.55. The number of carboxylic acids is 1. The number of hydrogen-bond donors (Lipinski definition) is 2. The van der Waals surface area contributed by atoms with E-state index in [9.17, 15) is 14.7 Å². The molecule has 36 heavy (non-hydrogen) atoms. The van der Waals surface area contributed by atoms with E-state index in [2.05, 4.69) is 17.4 Å². The average molecular weight is 483 g/mol. The maximum Gasteiger partial charge on any atom is 0.407 e. The Morgan fingerprint density at radius 1 is 0.917 bits per heavy atom. The molecule has 2 N–H and O–H groups in total. The predicted molar refractivity (Wildman–Crippen MR) is 136 cm³/mol. The molecule has 1 aliphatic rings. The first-order chi connectivity index (χ1) is 17.5. The van der Waals surface area contributed by atoms with E-state index in [0.29, 0.717) is 0 Å². The zero-order valence-electron chi connectivity index (χ0n) is 19.8. The van der Waals surface area contributed by atoms with E-state index < -0.39 is 18.1 Å². The molecule has 1 heterocycles. The van der Waals surface area contributed by atoms with Crippen molar-refractivity contribution in [2.45, 2.75) is 18.4 Å². The maximum absolute atomic E-state index is 12.7. The fourth-order valence-electron chi connectivity index (χ4n) is 4.77. The van der Waals surface area contributed by atoms with Crippen LogP contribution in [-0.4, -0.2) is 41.5 Å². The molecule has 0 fully saturated rings. The van der Waals surface area contributed by atoms with Crippen LogP contribution in [0.25, 0.3) is 16.8 Å². The van der Waals surface area contributed by atoms with Crippen molar-refractivity contribution in [1.82, 2.24) is 9.88 Å². The lowest BCUT2D eigenvalue weighted by atomic mass is 9.98. The summed E-state index contributed by atoms with van der Waals surface area (Å²) in [4.78, 5) is 24.7. The summed E-state index contributed by atoms with van der Waals surface area (Å²) in [5, 5.41) is 12.3. The standard InChI is InChI=1S/C29H26N2O5/c1-35-21-14-12-19(13-15-21)31-16-6-7-20(31)17-27(28(32)33)30-29(34)36-18-26-24-10-4-2-8-22(24)23-9-3-5-11-25(23)26/h2-16,26-27H,17-18H2,1H3,(H,30,34)(H,32,33). The molecule has 7 heteroatoms. The Labute approximate surface area is 208 Å². The minimum absolute atomic E-state index is 0.0958. The summed E-state index contributed by atoms with van der Waals surface area (Å²) in [5.41, 5.74) is 6.06. The molecule has 182 valence electrons. The van der Waals surface area contributed by atoms with Gasteiger partial charge >= 0.3 is 12.1 Å². The van der Waals surface area contributed by atoms with E-state index in [1.807, 2.05) is 83.6 Å². The van der Waals surface area contributed by atoms with Crippen LogP contribution in [0.3, 0.4) is 0 Å². The molecule has 0 saturated carbocycles. The Kier molecular flexibility index (Phi) is 6.45. The number of alkyl carbamates (subject to hydrolysis) is 1. The third-order valence-electron chi connectivity index (χ3n) is 6.53. The van der Waals surface area contributed by atoms with E-state index in [0.717, 1.165) is 39.4 Å². The van der Waals surface area contributed by atoms with E-state index in [-0.39, 0.29) is 18.9 Å². The van der Waals surface area contributed by atoms with Crippen LogP contribution in [0.5, 0.6) is 5.75 Å². The van der Waals surface area contributed by atoms with Gasteiger partial charge in [-0.05, 0) is 58.7 Å². The van der Waals surface area contributed by atoms with Gasteiger partial charge in [-0.2, -0.15) is 0 Å². The van der Waals surface area contributed by atoms with E-state index in [4.69, 9.17) is 9.47 Å². The van der Waals surface area contributed by atoms with Gasteiger partial charge in [0.05, 0.1) is 7.11 Å². The number of carbonyl (C=O) groups excluding carboxylic acids is 1. The highest BCUT2D eigenvalue weighted by atomic mass is 16.5. The first-order valence-electron chi connectivity index (χ1n) is 11.7. The number of amides is 1. The molecule has 1 atom stereocenters. The van der Waals surface area contributed by atoms with Gasteiger partial charge in [0, 0.05) is 29.9 Å². The molecule has 1 amide bonds. The number of benzene rings is 3. The first-order valence-corrected chi connectivity index (χ1v) is 11.7. The van der Waals surface area contributed by atoms with Gasteiger partial charge in [-0.25, -0.2) is 9.59 Å². The van der Waals surface area contributed by atoms with Gasteiger partial charge in [-0.3, -0.25) is 0 Å². The van der Waals surface area contributed by atoms with Crippen molar-refractivity contribution in [1.29, 1.82) is 0 Å². The molecule has 1 unspecified atom stereocenters. The van der Waals surface area contributed by atoms with E-state index >= 15 is 0 Å². The summed E-state index contributed by atoms with van der Waals surface area (Å²) in [7, 11) is 1.60. The summed E-state index contributed by atoms with van der Waals surface area (Å²) >= 11 is 0. The molecule has 4 aromatic rings. The molecule has 3 aromatic carbocycles. The summed E-state index contributed by atoms with van der Waals surface area (Å²) < 4.78 is 12.6. The molecular weight excluding hydrogens is 456 g/mol. The van der Waals surface area contributed by atoms with Gasteiger partial charge in [-0.15, -0.1) is 0 Å². The molecule has 0 radical (unpaired) electrons. The summed E-state index contributed by atoms with van der Waals surface area (Å²) in [6, 6.07) is 26.1. The number of nitrogens with one attached hydrogen (secondary N) is 1. The van der Waals surface area contributed by atoms with Crippen molar-refractivity contribution in [3.63, 3.8) is 0 Å². The molecule has 7 nitrogen and oxygen atoms in total. The molecule has 1 aliphatic carbocycles. The largest absolute Gasteiger partial charge is 0.497 e. The van der Waals surface area contributed by atoms with Gasteiger partial charge in [0.2, 0.25) is 0 Å². The van der Waals surface area contributed by atoms with Crippen LogP contribution in [-0.2, 0) is 16.0 Å². The van der Waals surface area contributed by atoms with Gasteiger partial charge < -0.3 is 24.5 Å². The number of fused-ring (bicyclic) bond motifs is 3. The van der Waals surface area contributed by atoms with Crippen LogP contribution in [0.4, 0.5) is 4.79 Å². The van der Waals surface area contributed by atoms with Gasteiger partial charge in [0.25, 0.3) is 0 Å². The van der Waals surface area contributed by atoms with Crippen molar-refractivity contribution in [3.05, 3.63) is 108 Å². The van der Waals surface area contributed by atoms with Crippen molar-refractivity contribution < 1.29 is 24.2 Å². The third-order valence-corrected chi connectivity index (χ3v) is 6.53. The monoisotopic (exact) mass is 482 g/mol. The SMILES string of the molecule is COc1ccc(-n2cccc2CC(NC(=O)OCC2c3ccccc3-c3ccccc32)C(=O)O)cc1. The highest BCUT2D eigenvalue weighted by Gasteiger charge is 2.30. The van der Waals surface area contributed by atoms with Crippen LogP contribution in [0.15, 0.2) is 91.1 Å². The molecule has 0 bridgehead atoms. The van der Waals surface area contributed by atoms with Crippen LogP contribution < -0.4 is 10.1 Å². The van der Waals surface area contributed by atoms with Crippen LogP contribution >= 0.6 is 0 Å². The number of rotatable bonds is 8. The molecule has 0 aliphatic heterocycles. The zero-order chi connectivity index (χ0) is 25.1. The number of aliphatic carboxylic acids is 1. The minimum Gasteiger partial charge on any atom is -0.497 e. The topological polar surface area (TPSA) is 89.8 Å². The Morgan fingerprint density at radius 2 is 1.56 bits per heavy atom. The van der Waals surface area contributed by atoms with Crippen molar-refractivity contribution in [3.8, 4) is 22.6 Å². The Bertz CT molecular complexity index is 1350. The van der Waals surface area contributed by atoms with Crippen LogP contribution in [0.1, 0.15) is 22.7 Å². The predicted octanol–water partition coefficient (Wildman–Crippen LogP) is 5.02. The molecule has 0 saturated heterocycles. The lowest BCUT2D eigenvalue weighted by molar-refractivity contribution is -0.139. The summed E-state index contributed by atoms with van der Waals surface area (Å²) in [5.74, 6) is -0.502. The second kappa shape index (κ2) is 10.00. The van der Waals surface area contributed by atoms with E-state index in [1.54, 1.807) is 7.11 Å². The van der Waals surface area contributed by atoms with Gasteiger partial charge in [0.15, 0.2) is 0 Å². The summed E-state index contributed by atoms with van der Waals surface area (Å²) in [6.07, 6.45) is 1.19. The van der Waals surface area contributed by atoms with Crippen molar-refractivity contribution >= 4 is 12.1 Å². The lowest BCUT2D eigenvalue weighted by Gasteiger charge is -2.18. The second-order valence-electron chi connectivity index (χ2n) is 8.63. The Hall–Kier alpha value is -4.52. The quantitative estimate of drug-likeness (QED) is 0.368. The van der Waals surface area contributed by atoms with Crippen LogP contribution in [0, 0.1) is 0 Å².